The van der Waals surface area contributed by atoms with Crippen LogP contribution in [0.2, 0.25) is 0 Å². The molecule has 1 saturated heterocycles. The Bertz CT molecular complexity index is 598. The average molecular weight is 301 g/mol. The zero-order chi connectivity index (χ0) is 15.7. The number of hydrogen-bond donors (Lipinski definition) is 1. The van der Waals surface area contributed by atoms with Gasteiger partial charge in [-0.15, -0.1) is 0 Å². The van der Waals surface area contributed by atoms with Crippen molar-refractivity contribution < 1.29 is 14.7 Å². The second-order valence-electron chi connectivity index (χ2n) is 6.67. The minimum absolute atomic E-state index is 0.0586. The third-order valence-electron chi connectivity index (χ3n) is 5.40. The number of rotatable bonds is 4. The maximum absolute atomic E-state index is 12.5. The normalized spacial score (nSPS) is 27.0. The molecule has 1 saturated carbocycles. The number of carboxylic acid groups (broad SMARTS) is 1. The highest BCUT2D eigenvalue weighted by molar-refractivity contribution is 5.82. The molecule has 0 bridgehead atoms. The summed E-state index contributed by atoms with van der Waals surface area (Å²) in [5, 5.41) is 9.59. The zero-order valence-corrected chi connectivity index (χ0v) is 13.0. The number of aliphatic carboxylic acids is 1. The van der Waals surface area contributed by atoms with E-state index in [-0.39, 0.29) is 11.8 Å². The lowest BCUT2D eigenvalue weighted by atomic mass is 9.81. The number of hydrogen-bond acceptors (Lipinski definition) is 2. The fourth-order valence-corrected chi connectivity index (χ4v) is 4.07. The molecule has 1 aliphatic carbocycles. The van der Waals surface area contributed by atoms with Crippen LogP contribution in [0.25, 0.3) is 0 Å². The number of carbonyl (C=O) groups is 2. The number of carbonyl (C=O) groups excluding carboxylic acids is 1. The average Bonchev–Trinajstić information content (AvgIpc) is 3.05. The molecule has 0 unspecified atom stereocenters. The molecule has 3 rings (SSSR count). The van der Waals surface area contributed by atoms with Crippen LogP contribution in [0.5, 0.6) is 0 Å². The van der Waals surface area contributed by atoms with Gasteiger partial charge in [0.2, 0.25) is 5.91 Å². The number of likely N-dealkylation sites (tertiary alicyclic amines) is 1. The smallest absolute Gasteiger partial charge is 0.311 e. The van der Waals surface area contributed by atoms with Crippen molar-refractivity contribution in [2.24, 2.45) is 11.3 Å². The van der Waals surface area contributed by atoms with Crippen LogP contribution >= 0.6 is 0 Å². The van der Waals surface area contributed by atoms with Crippen LogP contribution in [-0.2, 0) is 22.4 Å². The van der Waals surface area contributed by atoms with Crippen LogP contribution in [0.3, 0.4) is 0 Å². The van der Waals surface area contributed by atoms with E-state index in [0.29, 0.717) is 25.9 Å². The lowest BCUT2D eigenvalue weighted by Crippen LogP contribution is -2.37. The largest absolute Gasteiger partial charge is 0.481 e. The molecule has 1 aromatic carbocycles. The predicted octanol–water partition coefficient (Wildman–Crippen LogP) is 2.50. The van der Waals surface area contributed by atoms with Crippen LogP contribution in [-0.4, -0.2) is 35.0 Å². The van der Waals surface area contributed by atoms with Gasteiger partial charge >= 0.3 is 5.97 Å². The summed E-state index contributed by atoms with van der Waals surface area (Å²) < 4.78 is 0. The van der Waals surface area contributed by atoms with E-state index in [9.17, 15) is 14.7 Å². The molecule has 22 heavy (non-hydrogen) atoms. The summed E-state index contributed by atoms with van der Waals surface area (Å²) in [4.78, 5) is 26.0. The van der Waals surface area contributed by atoms with Crippen LogP contribution in [0.15, 0.2) is 24.3 Å². The van der Waals surface area contributed by atoms with Crippen molar-refractivity contribution in [1.29, 1.82) is 0 Å². The Balaban J connectivity index is 1.70. The highest BCUT2D eigenvalue weighted by atomic mass is 16.4. The van der Waals surface area contributed by atoms with Gasteiger partial charge < -0.3 is 10.0 Å². The Morgan fingerprint density at radius 2 is 2.14 bits per heavy atom. The molecular formula is C18H23NO3. The van der Waals surface area contributed by atoms with Crippen molar-refractivity contribution in [2.75, 3.05) is 13.1 Å². The van der Waals surface area contributed by atoms with Crippen molar-refractivity contribution in [3.05, 3.63) is 35.4 Å². The van der Waals surface area contributed by atoms with Gasteiger partial charge in [-0.25, -0.2) is 0 Å². The van der Waals surface area contributed by atoms with E-state index in [0.717, 1.165) is 24.8 Å². The van der Waals surface area contributed by atoms with E-state index < -0.39 is 11.4 Å². The maximum atomic E-state index is 12.5. The van der Waals surface area contributed by atoms with Crippen LogP contribution in [0.1, 0.15) is 37.3 Å². The first kappa shape index (κ1) is 15.1. The number of benzene rings is 1. The van der Waals surface area contributed by atoms with Gasteiger partial charge in [0, 0.05) is 13.1 Å². The Morgan fingerprint density at radius 3 is 2.82 bits per heavy atom. The molecule has 1 aromatic rings. The van der Waals surface area contributed by atoms with Crippen LogP contribution < -0.4 is 0 Å². The van der Waals surface area contributed by atoms with E-state index in [1.54, 1.807) is 4.90 Å². The summed E-state index contributed by atoms with van der Waals surface area (Å²) in [6.07, 6.45) is 3.94. The van der Waals surface area contributed by atoms with E-state index >= 15 is 0 Å². The molecule has 0 radical (unpaired) electrons. The van der Waals surface area contributed by atoms with E-state index in [1.165, 1.54) is 5.56 Å². The number of amides is 1. The molecule has 1 N–H and O–H groups in total. The Labute approximate surface area is 131 Å². The first-order valence-corrected chi connectivity index (χ1v) is 8.14. The molecule has 1 aliphatic heterocycles. The molecule has 0 aromatic heterocycles. The van der Waals surface area contributed by atoms with Gasteiger partial charge in [0.25, 0.3) is 0 Å². The summed E-state index contributed by atoms with van der Waals surface area (Å²) in [5.74, 6) is -0.530. The summed E-state index contributed by atoms with van der Waals surface area (Å²) >= 11 is 0. The lowest BCUT2D eigenvalue weighted by molar-refractivity contribution is -0.149. The SMILES string of the molecule is CCc1cccc(CC(=O)N2C[C@@H]3CCC[C@@]3(C(=O)O)C2)c1. The monoisotopic (exact) mass is 301 g/mol. The zero-order valence-electron chi connectivity index (χ0n) is 13.0. The minimum atomic E-state index is -0.724. The van der Waals surface area contributed by atoms with Crippen molar-refractivity contribution in [3.63, 3.8) is 0 Å². The van der Waals surface area contributed by atoms with Gasteiger partial charge in [0.1, 0.15) is 0 Å². The van der Waals surface area contributed by atoms with Crippen molar-refractivity contribution in [3.8, 4) is 0 Å². The number of aryl methyl sites for hydroxylation is 1. The predicted molar refractivity (Wildman–Crippen MR) is 83.5 cm³/mol. The number of nitrogens with zero attached hydrogens (tertiary/aromatic N) is 1. The van der Waals surface area contributed by atoms with Crippen molar-refractivity contribution in [2.45, 2.75) is 39.0 Å². The maximum Gasteiger partial charge on any atom is 0.311 e. The summed E-state index contributed by atoms with van der Waals surface area (Å²) in [6, 6.07) is 8.09. The Hall–Kier alpha value is -1.84. The second kappa shape index (κ2) is 5.75. The third-order valence-corrected chi connectivity index (χ3v) is 5.40. The molecular weight excluding hydrogens is 278 g/mol. The van der Waals surface area contributed by atoms with Gasteiger partial charge in [-0.05, 0) is 36.3 Å². The summed E-state index contributed by atoms with van der Waals surface area (Å²) in [6.45, 7) is 3.09. The summed E-state index contributed by atoms with van der Waals surface area (Å²) in [7, 11) is 0. The molecule has 1 heterocycles. The van der Waals surface area contributed by atoms with E-state index in [1.807, 2.05) is 12.1 Å². The van der Waals surface area contributed by atoms with Crippen molar-refractivity contribution in [1.82, 2.24) is 4.90 Å². The van der Waals surface area contributed by atoms with E-state index in [2.05, 4.69) is 19.1 Å². The molecule has 2 fully saturated rings. The van der Waals surface area contributed by atoms with Gasteiger partial charge in [-0.2, -0.15) is 0 Å². The first-order chi connectivity index (χ1) is 10.5. The van der Waals surface area contributed by atoms with E-state index in [4.69, 9.17) is 0 Å². The molecule has 1 amide bonds. The Kier molecular flexibility index (Phi) is 3.94. The van der Waals surface area contributed by atoms with Gasteiger partial charge in [-0.1, -0.05) is 37.6 Å². The molecule has 4 nitrogen and oxygen atoms in total. The molecule has 118 valence electrons. The topological polar surface area (TPSA) is 57.6 Å². The minimum Gasteiger partial charge on any atom is -0.481 e. The molecule has 2 atom stereocenters. The van der Waals surface area contributed by atoms with Gasteiger partial charge in [0.15, 0.2) is 0 Å². The fourth-order valence-electron chi connectivity index (χ4n) is 4.07. The van der Waals surface area contributed by atoms with Gasteiger partial charge in [0.05, 0.1) is 11.8 Å². The highest BCUT2D eigenvalue weighted by Gasteiger charge is 2.55. The van der Waals surface area contributed by atoms with Gasteiger partial charge in [-0.3, -0.25) is 9.59 Å². The second-order valence-corrected chi connectivity index (χ2v) is 6.67. The summed E-state index contributed by atoms with van der Waals surface area (Å²) in [5.41, 5.74) is 1.57. The highest BCUT2D eigenvalue weighted by Crippen LogP contribution is 2.48. The first-order valence-electron chi connectivity index (χ1n) is 8.14. The number of fused-ring (bicyclic) bond motifs is 1. The van der Waals surface area contributed by atoms with Crippen molar-refractivity contribution >= 4 is 11.9 Å². The lowest BCUT2D eigenvalue weighted by Gasteiger charge is -2.23. The number of carboxylic acids is 1. The third kappa shape index (κ3) is 2.51. The quantitative estimate of drug-likeness (QED) is 0.929. The van der Waals surface area contributed by atoms with Crippen LogP contribution in [0, 0.1) is 11.3 Å². The molecule has 0 spiro atoms. The standard InChI is InChI=1S/C18H23NO3/c1-2-13-5-3-6-14(9-13)10-16(20)19-11-15-7-4-8-18(15,12-19)17(21)22/h3,5-6,9,15H,2,4,7-8,10-12H2,1H3,(H,21,22)/t15-,18+/m0/s1. The molecule has 2 aliphatic rings. The molecule has 4 heteroatoms. The fraction of sp³-hybridized carbons (Fsp3) is 0.556. The van der Waals surface area contributed by atoms with Crippen LogP contribution in [0.4, 0.5) is 0 Å². The Morgan fingerprint density at radius 1 is 1.36 bits per heavy atom.